The van der Waals surface area contributed by atoms with E-state index >= 15 is 0 Å². The van der Waals surface area contributed by atoms with E-state index in [4.69, 9.17) is 11.6 Å². The average molecular weight is 479 g/mol. The van der Waals surface area contributed by atoms with Crippen LogP contribution in [0.1, 0.15) is 15.9 Å². The van der Waals surface area contributed by atoms with Crippen LogP contribution in [0, 0.1) is 3.57 Å². The highest BCUT2D eigenvalue weighted by Crippen LogP contribution is 2.25. The summed E-state index contributed by atoms with van der Waals surface area (Å²) in [6.07, 6.45) is 0. The number of amides is 1. The molecule has 0 bridgehead atoms. The third-order valence-electron chi connectivity index (χ3n) is 2.74. The normalized spacial score (nSPS) is 10.2. The number of ketones is 1. The van der Waals surface area contributed by atoms with Crippen molar-refractivity contribution in [1.29, 1.82) is 0 Å². The number of benzene rings is 2. The van der Waals surface area contributed by atoms with Gasteiger partial charge in [0.1, 0.15) is 0 Å². The maximum Gasteiger partial charge on any atom is 0.235 e. The first-order chi connectivity index (χ1) is 10.0. The van der Waals surface area contributed by atoms with Crippen LogP contribution in [0.4, 0.5) is 5.69 Å². The van der Waals surface area contributed by atoms with E-state index < -0.39 is 0 Å². The molecule has 0 heterocycles. The van der Waals surface area contributed by atoms with Crippen LogP contribution >= 0.6 is 50.1 Å². The number of rotatable bonds is 4. The molecule has 6 heteroatoms. The summed E-state index contributed by atoms with van der Waals surface area (Å²) in [4.78, 5) is 24.2. The summed E-state index contributed by atoms with van der Waals surface area (Å²) >= 11 is 11.3. The fraction of sp³-hybridized carbons (Fsp3) is 0.0667. The van der Waals surface area contributed by atoms with Crippen LogP contribution in [0.15, 0.2) is 42.5 Å². The molecular weight excluding hydrogens is 468 g/mol. The molecule has 0 saturated carbocycles. The van der Waals surface area contributed by atoms with Crippen LogP contribution in [0.2, 0.25) is 5.02 Å². The van der Waals surface area contributed by atoms with Gasteiger partial charge in [0.15, 0.2) is 5.78 Å². The second-order valence-electron chi connectivity index (χ2n) is 4.18. The zero-order valence-electron chi connectivity index (χ0n) is 10.7. The molecule has 0 unspecified atom stereocenters. The van der Waals surface area contributed by atoms with Gasteiger partial charge in [0.2, 0.25) is 5.91 Å². The van der Waals surface area contributed by atoms with Gasteiger partial charge in [-0.1, -0.05) is 39.7 Å². The first kappa shape index (κ1) is 16.5. The number of anilines is 1. The van der Waals surface area contributed by atoms with Crippen molar-refractivity contribution in [1.82, 2.24) is 0 Å². The third kappa shape index (κ3) is 4.05. The quantitative estimate of drug-likeness (QED) is 0.399. The fourth-order valence-electron chi connectivity index (χ4n) is 1.79. The van der Waals surface area contributed by atoms with Gasteiger partial charge in [0.05, 0.1) is 16.0 Å². The van der Waals surface area contributed by atoms with E-state index in [2.05, 4.69) is 43.8 Å². The summed E-state index contributed by atoms with van der Waals surface area (Å²) in [5.41, 5.74) is 1.31. The number of alkyl halides is 1. The summed E-state index contributed by atoms with van der Waals surface area (Å²) in [7, 11) is 0. The summed E-state index contributed by atoms with van der Waals surface area (Å²) in [6.45, 7) is 0. The first-order valence-corrected chi connectivity index (χ1v) is 8.55. The van der Waals surface area contributed by atoms with Gasteiger partial charge < -0.3 is 5.32 Å². The smallest absolute Gasteiger partial charge is 0.235 e. The number of carbonyl (C=O) groups is 2. The van der Waals surface area contributed by atoms with Crippen molar-refractivity contribution in [2.75, 3.05) is 10.6 Å². The molecule has 2 aromatic carbocycles. The first-order valence-electron chi connectivity index (χ1n) is 5.97. The van der Waals surface area contributed by atoms with E-state index in [1.165, 1.54) is 0 Å². The zero-order valence-corrected chi connectivity index (χ0v) is 15.2. The summed E-state index contributed by atoms with van der Waals surface area (Å²) in [5, 5.41) is 3.26. The van der Waals surface area contributed by atoms with Gasteiger partial charge in [-0.2, -0.15) is 0 Å². The van der Waals surface area contributed by atoms with Gasteiger partial charge in [0.25, 0.3) is 0 Å². The Morgan fingerprint density at radius 3 is 2.52 bits per heavy atom. The Bertz CT molecular complexity index is 706. The van der Waals surface area contributed by atoms with Crippen molar-refractivity contribution in [3.63, 3.8) is 0 Å². The maximum atomic E-state index is 12.7. The van der Waals surface area contributed by atoms with E-state index in [1.54, 1.807) is 36.4 Å². The topological polar surface area (TPSA) is 46.2 Å². The molecule has 0 radical (unpaired) electrons. The molecule has 0 aliphatic heterocycles. The van der Waals surface area contributed by atoms with E-state index in [1.807, 2.05) is 6.07 Å². The lowest BCUT2D eigenvalue weighted by Crippen LogP contribution is -2.16. The number of nitrogens with one attached hydrogen (secondary N) is 1. The van der Waals surface area contributed by atoms with E-state index in [0.29, 0.717) is 21.8 Å². The minimum Gasteiger partial charge on any atom is -0.325 e. The van der Waals surface area contributed by atoms with Crippen molar-refractivity contribution >= 4 is 67.5 Å². The molecule has 0 aliphatic rings. The Morgan fingerprint density at radius 1 is 1.14 bits per heavy atom. The monoisotopic (exact) mass is 477 g/mol. The minimum absolute atomic E-state index is 0.165. The van der Waals surface area contributed by atoms with E-state index in [9.17, 15) is 9.59 Å². The lowest BCUT2D eigenvalue weighted by Gasteiger charge is -2.11. The van der Waals surface area contributed by atoms with Crippen molar-refractivity contribution in [2.24, 2.45) is 0 Å². The van der Waals surface area contributed by atoms with Crippen LogP contribution in [0.5, 0.6) is 0 Å². The molecule has 0 fully saturated rings. The van der Waals surface area contributed by atoms with Gasteiger partial charge in [-0.3, -0.25) is 9.59 Å². The molecule has 0 aromatic heterocycles. The number of hydrogen-bond donors (Lipinski definition) is 1. The molecule has 0 aliphatic carbocycles. The van der Waals surface area contributed by atoms with Crippen LogP contribution < -0.4 is 5.32 Å². The Balaban J connectivity index is 2.47. The number of hydrogen-bond acceptors (Lipinski definition) is 2. The zero-order chi connectivity index (χ0) is 15.4. The summed E-state index contributed by atoms with van der Waals surface area (Å²) < 4.78 is 0.903. The van der Waals surface area contributed by atoms with Gasteiger partial charge >= 0.3 is 0 Å². The predicted molar refractivity (Wildman–Crippen MR) is 96.5 cm³/mol. The lowest BCUT2D eigenvalue weighted by atomic mass is 10.0. The van der Waals surface area contributed by atoms with Crippen molar-refractivity contribution in [3.8, 4) is 0 Å². The molecular formula is C15H10BrClINO2. The van der Waals surface area contributed by atoms with Crippen LogP contribution in [0.3, 0.4) is 0 Å². The molecule has 0 saturated heterocycles. The highest BCUT2D eigenvalue weighted by molar-refractivity contribution is 14.1. The average Bonchev–Trinajstić information content (AvgIpc) is 2.48. The van der Waals surface area contributed by atoms with Gasteiger partial charge in [-0.05, 0) is 52.9 Å². The molecule has 2 rings (SSSR count). The standard InChI is InChI=1S/C15H10BrClINO2/c16-8-14(20)19-13-6-5-9(18)7-11(13)15(21)10-3-1-2-4-12(10)17/h1-7H,8H2,(H,19,20). The van der Waals surface area contributed by atoms with E-state index in [-0.39, 0.29) is 17.0 Å². The molecule has 108 valence electrons. The Hall–Kier alpha value is -0.920. The van der Waals surface area contributed by atoms with Gasteiger partial charge in [0, 0.05) is 14.7 Å². The lowest BCUT2D eigenvalue weighted by molar-refractivity contribution is -0.113. The molecule has 2 aromatic rings. The fourth-order valence-corrected chi connectivity index (χ4v) is 2.64. The molecule has 0 spiro atoms. The van der Waals surface area contributed by atoms with Gasteiger partial charge in [-0.15, -0.1) is 0 Å². The van der Waals surface area contributed by atoms with E-state index in [0.717, 1.165) is 3.57 Å². The van der Waals surface area contributed by atoms with Gasteiger partial charge in [-0.25, -0.2) is 0 Å². The Labute approximate surface area is 149 Å². The summed E-state index contributed by atoms with van der Waals surface area (Å²) in [6, 6.07) is 12.1. The van der Waals surface area contributed by atoms with Crippen molar-refractivity contribution in [2.45, 2.75) is 0 Å². The second kappa shape index (κ2) is 7.38. The van der Waals surface area contributed by atoms with Crippen LogP contribution in [-0.2, 0) is 4.79 Å². The largest absolute Gasteiger partial charge is 0.325 e. The minimum atomic E-state index is -0.219. The predicted octanol–water partition coefficient (Wildman–Crippen LogP) is 4.51. The molecule has 21 heavy (non-hydrogen) atoms. The van der Waals surface area contributed by atoms with Crippen molar-refractivity contribution in [3.05, 3.63) is 62.2 Å². The van der Waals surface area contributed by atoms with Crippen LogP contribution in [0.25, 0.3) is 0 Å². The Morgan fingerprint density at radius 2 is 1.86 bits per heavy atom. The molecule has 1 amide bonds. The number of carbonyl (C=O) groups excluding carboxylic acids is 2. The molecule has 0 atom stereocenters. The van der Waals surface area contributed by atoms with Crippen LogP contribution in [-0.4, -0.2) is 17.0 Å². The second-order valence-corrected chi connectivity index (χ2v) is 6.39. The molecule has 1 N–H and O–H groups in total. The Kier molecular flexibility index (Phi) is 5.78. The summed E-state index contributed by atoms with van der Waals surface area (Å²) in [5.74, 6) is -0.437. The number of halogens is 3. The maximum absolute atomic E-state index is 12.7. The highest BCUT2D eigenvalue weighted by Gasteiger charge is 2.17. The molecule has 3 nitrogen and oxygen atoms in total. The SMILES string of the molecule is O=C(CBr)Nc1ccc(I)cc1C(=O)c1ccccc1Cl. The van der Waals surface area contributed by atoms with Crippen molar-refractivity contribution < 1.29 is 9.59 Å². The highest BCUT2D eigenvalue weighted by atomic mass is 127. The third-order valence-corrected chi connectivity index (χ3v) is 4.25.